The van der Waals surface area contributed by atoms with Crippen LogP contribution < -0.4 is 4.74 Å². The zero-order chi connectivity index (χ0) is 10.1. The molecule has 0 aromatic heterocycles. The Kier molecular flexibility index (Phi) is 2.12. The molecule has 1 aromatic rings. The summed E-state index contributed by atoms with van der Waals surface area (Å²) in [4.78, 5) is 11.7. The molecular weight excluding hydrogens is 176 g/mol. The van der Waals surface area contributed by atoms with Crippen molar-refractivity contribution in [3.05, 3.63) is 42.0 Å². The fraction of sp³-hybridized carbons (Fsp3) is 0.250. The Morgan fingerprint density at radius 3 is 2.93 bits per heavy atom. The largest absolute Gasteiger partial charge is 0.492 e. The van der Waals surface area contributed by atoms with Crippen LogP contribution in [0.3, 0.4) is 0 Å². The van der Waals surface area contributed by atoms with E-state index in [0.29, 0.717) is 12.2 Å². The van der Waals surface area contributed by atoms with E-state index < -0.39 is 0 Å². The van der Waals surface area contributed by atoms with Crippen LogP contribution in [0.1, 0.15) is 18.4 Å². The number of ketones is 1. The molecule has 72 valence electrons. The highest BCUT2D eigenvalue weighted by atomic mass is 16.5. The van der Waals surface area contributed by atoms with Crippen LogP contribution in [0.2, 0.25) is 0 Å². The van der Waals surface area contributed by atoms with Gasteiger partial charge in [-0.3, -0.25) is 4.79 Å². The Morgan fingerprint density at radius 1 is 1.50 bits per heavy atom. The van der Waals surface area contributed by atoms with Gasteiger partial charge in [0.1, 0.15) is 12.4 Å². The van der Waals surface area contributed by atoms with Crippen molar-refractivity contribution >= 4 is 5.78 Å². The molecule has 0 aliphatic carbocycles. The van der Waals surface area contributed by atoms with Crippen molar-refractivity contribution in [2.24, 2.45) is 0 Å². The van der Waals surface area contributed by atoms with E-state index in [9.17, 15) is 4.79 Å². The van der Waals surface area contributed by atoms with Crippen molar-refractivity contribution in [1.29, 1.82) is 0 Å². The first-order valence-electron chi connectivity index (χ1n) is 4.61. The molecule has 1 unspecified atom stereocenters. The summed E-state index contributed by atoms with van der Waals surface area (Å²) in [5.74, 6) is 0.755. The van der Waals surface area contributed by atoms with Gasteiger partial charge in [-0.15, -0.1) is 0 Å². The van der Waals surface area contributed by atoms with Gasteiger partial charge in [0.25, 0.3) is 0 Å². The molecule has 1 aliphatic heterocycles. The van der Waals surface area contributed by atoms with Crippen LogP contribution in [-0.2, 0) is 4.79 Å². The normalized spacial score (nSPS) is 18.5. The number of allylic oxidation sites excluding steroid dienone is 1. The number of ether oxygens (including phenoxy) is 1. The quantitative estimate of drug-likeness (QED) is 0.666. The summed E-state index contributed by atoms with van der Waals surface area (Å²) < 4.78 is 5.42. The Hall–Kier alpha value is -1.57. The van der Waals surface area contributed by atoms with Crippen molar-refractivity contribution in [1.82, 2.24) is 0 Å². The van der Waals surface area contributed by atoms with Gasteiger partial charge in [0.15, 0.2) is 5.78 Å². The van der Waals surface area contributed by atoms with Gasteiger partial charge in [0, 0.05) is 5.56 Å². The number of para-hydroxylation sites is 1. The van der Waals surface area contributed by atoms with Crippen molar-refractivity contribution < 1.29 is 9.53 Å². The first-order valence-corrected chi connectivity index (χ1v) is 4.61. The van der Waals surface area contributed by atoms with Gasteiger partial charge >= 0.3 is 0 Å². The van der Waals surface area contributed by atoms with Gasteiger partial charge in [-0.1, -0.05) is 24.8 Å². The molecule has 2 nitrogen and oxygen atoms in total. The smallest absolute Gasteiger partial charge is 0.169 e. The molecular formula is C12H12O2. The zero-order valence-electron chi connectivity index (χ0n) is 8.12. The van der Waals surface area contributed by atoms with Crippen LogP contribution >= 0.6 is 0 Å². The maximum atomic E-state index is 11.7. The van der Waals surface area contributed by atoms with Crippen LogP contribution in [0.4, 0.5) is 0 Å². The predicted octanol–water partition coefficient (Wildman–Crippen LogP) is 2.31. The van der Waals surface area contributed by atoms with Crippen LogP contribution in [0, 0.1) is 0 Å². The van der Waals surface area contributed by atoms with E-state index in [1.54, 1.807) is 6.92 Å². The molecule has 2 rings (SSSR count). The van der Waals surface area contributed by atoms with Crippen LogP contribution in [-0.4, -0.2) is 12.4 Å². The second-order valence-electron chi connectivity index (χ2n) is 3.55. The summed E-state index contributed by atoms with van der Waals surface area (Å²) in [7, 11) is 0. The molecule has 1 atom stereocenters. The SMILES string of the molecule is C=C(C)C(=O)C1COc2ccccc21. The number of fused-ring (bicyclic) bond motifs is 1. The van der Waals surface area contributed by atoms with E-state index in [-0.39, 0.29) is 11.7 Å². The molecule has 0 N–H and O–H groups in total. The Labute approximate surface area is 83.2 Å². The van der Waals surface area contributed by atoms with Gasteiger partial charge in [-0.2, -0.15) is 0 Å². The van der Waals surface area contributed by atoms with E-state index in [0.717, 1.165) is 11.3 Å². The van der Waals surface area contributed by atoms with Crippen LogP contribution in [0.15, 0.2) is 36.4 Å². The van der Waals surface area contributed by atoms with Gasteiger partial charge in [0.05, 0.1) is 5.92 Å². The van der Waals surface area contributed by atoms with E-state index in [4.69, 9.17) is 4.74 Å². The van der Waals surface area contributed by atoms with Crippen molar-refractivity contribution in [3.8, 4) is 5.75 Å². The van der Waals surface area contributed by atoms with Crippen molar-refractivity contribution in [2.45, 2.75) is 12.8 Å². The lowest BCUT2D eigenvalue weighted by molar-refractivity contribution is -0.117. The van der Waals surface area contributed by atoms with E-state index in [2.05, 4.69) is 6.58 Å². The van der Waals surface area contributed by atoms with Gasteiger partial charge in [-0.25, -0.2) is 0 Å². The molecule has 0 fully saturated rings. The maximum absolute atomic E-state index is 11.7. The first-order chi connectivity index (χ1) is 6.70. The van der Waals surface area contributed by atoms with E-state index in [1.165, 1.54) is 0 Å². The van der Waals surface area contributed by atoms with Crippen LogP contribution in [0.5, 0.6) is 5.75 Å². The first kappa shape index (κ1) is 9.00. The Morgan fingerprint density at radius 2 is 2.21 bits per heavy atom. The van der Waals surface area contributed by atoms with Crippen molar-refractivity contribution in [3.63, 3.8) is 0 Å². The molecule has 0 bridgehead atoms. The highest BCUT2D eigenvalue weighted by Crippen LogP contribution is 2.34. The average molecular weight is 188 g/mol. The van der Waals surface area contributed by atoms with Gasteiger partial charge < -0.3 is 4.74 Å². The zero-order valence-corrected chi connectivity index (χ0v) is 8.12. The Bertz CT molecular complexity index is 393. The second-order valence-corrected chi connectivity index (χ2v) is 3.55. The third-order valence-corrected chi connectivity index (χ3v) is 2.44. The van der Waals surface area contributed by atoms with E-state index >= 15 is 0 Å². The van der Waals surface area contributed by atoms with E-state index in [1.807, 2.05) is 24.3 Å². The number of Topliss-reactive ketones (excluding diaryl/α,β-unsaturated/α-hetero) is 1. The number of benzene rings is 1. The van der Waals surface area contributed by atoms with Crippen LogP contribution in [0.25, 0.3) is 0 Å². The number of hydrogen-bond acceptors (Lipinski definition) is 2. The lowest BCUT2D eigenvalue weighted by Gasteiger charge is -2.06. The summed E-state index contributed by atoms with van der Waals surface area (Å²) >= 11 is 0. The number of hydrogen-bond donors (Lipinski definition) is 0. The highest BCUT2D eigenvalue weighted by molar-refractivity contribution is 6.00. The molecule has 0 saturated heterocycles. The summed E-state index contributed by atoms with van der Waals surface area (Å²) in [5.41, 5.74) is 1.58. The van der Waals surface area contributed by atoms with Gasteiger partial charge in [-0.05, 0) is 18.6 Å². The summed E-state index contributed by atoms with van der Waals surface area (Å²) in [6, 6.07) is 7.66. The summed E-state index contributed by atoms with van der Waals surface area (Å²) in [6.07, 6.45) is 0. The minimum Gasteiger partial charge on any atom is -0.492 e. The average Bonchev–Trinajstić information content (AvgIpc) is 2.60. The van der Waals surface area contributed by atoms with Crippen molar-refractivity contribution in [2.75, 3.05) is 6.61 Å². The minimum atomic E-state index is -0.149. The molecule has 1 aliphatic rings. The molecule has 2 heteroatoms. The third-order valence-electron chi connectivity index (χ3n) is 2.44. The topological polar surface area (TPSA) is 26.3 Å². The molecule has 0 saturated carbocycles. The molecule has 1 aromatic carbocycles. The number of rotatable bonds is 2. The third kappa shape index (κ3) is 1.33. The molecule has 14 heavy (non-hydrogen) atoms. The standard InChI is InChI=1S/C12H12O2/c1-8(2)12(13)10-7-14-11-6-4-3-5-9(10)11/h3-6,10H,1,7H2,2H3. The number of carbonyl (C=O) groups excluding carboxylic acids is 1. The summed E-state index contributed by atoms with van der Waals surface area (Å²) in [6.45, 7) is 5.86. The van der Waals surface area contributed by atoms with Gasteiger partial charge in [0.2, 0.25) is 0 Å². The fourth-order valence-corrected chi connectivity index (χ4v) is 1.68. The lowest BCUT2D eigenvalue weighted by Crippen LogP contribution is -2.14. The monoisotopic (exact) mass is 188 g/mol. The lowest BCUT2D eigenvalue weighted by atomic mass is 9.93. The minimum absolute atomic E-state index is 0.0787. The second kappa shape index (κ2) is 3.29. The Balaban J connectivity index is 2.35. The molecule has 0 amide bonds. The fourth-order valence-electron chi connectivity index (χ4n) is 1.68. The highest BCUT2D eigenvalue weighted by Gasteiger charge is 2.29. The maximum Gasteiger partial charge on any atom is 0.169 e. The predicted molar refractivity (Wildman–Crippen MR) is 54.5 cm³/mol. The molecule has 0 radical (unpaired) electrons. The molecule has 0 spiro atoms. The molecule has 1 heterocycles. The summed E-state index contributed by atoms with van der Waals surface area (Å²) in [5, 5.41) is 0. The number of carbonyl (C=O) groups is 1.